The molecule has 0 unspecified atom stereocenters. The normalized spacial score (nSPS) is 11.3. The van der Waals surface area contributed by atoms with E-state index >= 15 is 0 Å². The molecule has 0 atom stereocenters. The van der Waals surface area contributed by atoms with E-state index in [-0.39, 0.29) is 83.2 Å². The van der Waals surface area contributed by atoms with Gasteiger partial charge in [-0.2, -0.15) is 4.31 Å². The predicted octanol–water partition coefficient (Wildman–Crippen LogP) is -2.64. The van der Waals surface area contributed by atoms with Gasteiger partial charge in [0.2, 0.25) is 0 Å². The van der Waals surface area contributed by atoms with Crippen LogP contribution in [0.4, 0.5) is 0 Å². The van der Waals surface area contributed by atoms with E-state index in [1.807, 2.05) is 0 Å². The van der Waals surface area contributed by atoms with Gasteiger partial charge in [-0.05, 0) is 0 Å². The summed E-state index contributed by atoms with van der Waals surface area (Å²) in [6.45, 7) is 0. The van der Waals surface area contributed by atoms with Gasteiger partial charge in [-0.25, -0.2) is 9.13 Å². The Morgan fingerprint density at radius 3 is 1.09 bits per heavy atom. The van der Waals surface area contributed by atoms with E-state index in [2.05, 4.69) is 4.31 Å². The van der Waals surface area contributed by atoms with E-state index < -0.39 is 15.6 Å². The third kappa shape index (κ3) is 19.4. The maximum absolute atomic E-state index is 9.63. The zero-order chi connectivity index (χ0) is 7.71. The summed E-state index contributed by atoms with van der Waals surface area (Å²) in [6.07, 6.45) is 0. The average Bonchev–Trinajstić information content (AvgIpc) is 1.14. The summed E-state index contributed by atoms with van der Waals surface area (Å²) in [5, 5.41) is 0. The predicted molar refractivity (Wildman–Crippen MR) is 42.3 cm³/mol. The van der Waals surface area contributed by atoms with E-state index in [9.17, 15) is 9.13 Å². The first-order valence-corrected chi connectivity index (χ1v) is 4.59. The Kier molecular flexibility index (Phi) is 13.0. The van der Waals surface area contributed by atoms with E-state index in [4.69, 9.17) is 19.6 Å². The quantitative estimate of drug-likeness (QED) is 0.324. The first-order chi connectivity index (χ1) is 3.71. The molecule has 11 heavy (non-hydrogen) atoms. The number of phosphoric acid groups is 2. The molecule has 0 aromatic carbocycles. The molecule has 0 aromatic heterocycles. The van der Waals surface area contributed by atoms with Crippen LogP contribution >= 0.6 is 15.6 Å². The first-order valence-electron chi connectivity index (χ1n) is 1.53. The third-order valence-electron chi connectivity index (χ3n) is 0.213. The molecule has 0 aliphatic rings. The Balaban J connectivity index is -0.000000320. The molecule has 0 aromatic rings. The summed E-state index contributed by atoms with van der Waals surface area (Å²) >= 11 is 0. The van der Waals surface area contributed by atoms with Crippen molar-refractivity contribution in [2.24, 2.45) is 0 Å². The van der Waals surface area contributed by atoms with Gasteiger partial charge in [-0.1, -0.05) is 0 Å². The zero-order valence-corrected chi connectivity index (χ0v) is 5.70. The molecule has 64 valence electrons. The summed E-state index contributed by atoms with van der Waals surface area (Å²) < 4.78 is 22.2. The molecule has 7 nitrogen and oxygen atoms in total. The molecule has 0 radical (unpaired) electrons. The van der Waals surface area contributed by atoms with Crippen LogP contribution in [-0.4, -0.2) is 103 Å². The number of hydrogen-bond acceptors (Lipinski definition) is 3. The molecule has 0 rings (SSSR count). The Hall–Kier alpha value is 3.00. The topological polar surface area (TPSA) is 124 Å². The summed E-state index contributed by atoms with van der Waals surface area (Å²) in [5.41, 5.74) is 0. The monoisotopic (exact) mass is 310 g/mol. The van der Waals surface area contributed by atoms with Crippen molar-refractivity contribution in [3.8, 4) is 0 Å². The molecule has 0 saturated heterocycles. The molecule has 0 saturated carbocycles. The van der Waals surface area contributed by atoms with Crippen molar-refractivity contribution in [2.45, 2.75) is 0 Å². The van der Waals surface area contributed by atoms with Gasteiger partial charge >= 0.3 is 98.9 Å². The van der Waals surface area contributed by atoms with Crippen molar-refractivity contribution in [3.05, 3.63) is 0 Å². The van der Waals surface area contributed by atoms with Gasteiger partial charge in [0.1, 0.15) is 0 Å². The van der Waals surface area contributed by atoms with Gasteiger partial charge < -0.3 is 19.6 Å². The van der Waals surface area contributed by atoms with Crippen LogP contribution in [0.5, 0.6) is 0 Å². The first kappa shape index (κ1) is 19.6. The second-order valence-electron chi connectivity index (χ2n) is 1.06. The SMILES string of the molecule is O=P(O)(O)OP(=O)(O)O.[CaH2].[SrH2]. The van der Waals surface area contributed by atoms with Crippen molar-refractivity contribution < 1.29 is 33.0 Å². The summed E-state index contributed by atoms with van der Waals surface area (Å²) in [4.78, 5) is 31.0. The van der Waals surface area contributed by atoms with Crippen LogP contribution in [0.2, 0.25) is 0 Å². The molecular formula is H8CaO7P2Sr. The van der Waals surface area contributed by atoms with Crippen LogP contribution in [-0.2, 0) is 13.4 Å². The second kappa shape index (κ2) is 7.31. The third-order valence-corrected chi connectivity index (χ3v) is 1.91. The van der Waals surface area contributed by atoms with E-state index in [1.54, 1.807) is 0 Å². The molecule has 0 aliphatic heterocycles. The van der Waals surface area contributed by atoms with Gasteiger partial charge in [0, 0.05) is 0 Å². The van der Waals surface area contributed by atoms with E-state index in [0.717, 1.165) is 0 Å². The van der Waals surface area contributed by atoms with Gasteiger partial charge in [0.05, 0.1) is 0 Å². The van der Waals surface area contributed by atoms with Crippen LogP contribution in [0, 0.1) is 0 Å². The van der Waals surface area contributed by atoms with Crippen molar-refractivity contribution >= 4 is 98.9 Å². The van der Waals surface area contributed by atoms with Crippen LogP contribution in [0.1, 0.15) is 0 Å². The average molecular weight is 310 g/mol. The van der Waals surface area contributed by atoms with Crippen LogP contribution < -0.4 is 0 Å². The fraction of sp³-hybridized carbons (Fsp3) is 0. The molecule has 0 spiro atoms. The van der Waals surface area contributed by atoms with E-state index in [0.29, 0.717) is 0 Å². The Labute approximate surface area is 129 Å². The Bertz CT molecular complexity index is 157. The second-order valence-corrected chi connectivity index (χ2v) is 3.68. The van der Waals surface area contributed by atoms with Crippen molar-refractivity contribution in [1.29, 1.82) is 0 Å². The van der Waals surface area contributed by atoms with Crippen molar-refractivity contribution in [3.63, 3.8) is 0 Å². The molecule has 0 amide bonds. The summed E-state index contributed by atoms with van der Waals surface area (Å²) in [7, 11) is -10.1. The van der Waals surface area contributed by atoms with Gasteiger partial charge in [-0.3, -0.25) is 0 Å². The summed E-state index contributed by atoms with van der Waals surface area (Å²) in [5.74, 6) is 0. The molecule has 0 heterocycles. The van der Waals surface area contributed by atoms with Gasteiger partial charge in [-0.15, -0.1) is 0 Å². The van der Waals surface area contributed by atoms with Crippen molar-refractivity contribution in [1.82, 2.24) is 0 Å². The van der Waals surface area contributed by atoms with Crippen LogP contribution in [0.15, 0.2) is 0 Å². The molecule has 4 N–H and O–H groups in total. The minimum absolute atomic E-state index is 0. The zero-order valence-electron chi connectivity index (χ0n) is 3.91. The Morgan fingerprint density at radius 2 is 1.09 bits per heavy atom. The molecule has 0 bridgehead atoms. The standard InChI is InChI=1S/Ca.H4O7P2.Sr.4H/c;1-8(2,3)7-9(4,5)6;;;;;/h;(H2,1,2,3)(H2,4,5,6);;;;;. The minimum atomic E-state index is -5.05. The van der Waals surface area contributed by atoms with Gasteiger partial charge in [0.15, 0.2) is 0 Å². The molecule has 0 fully saturated rings. The fourth-order valence-corrected chi connectivity index (χ4v) is 1.25. The van der Waals surface area contributed by atoms with Gasteiger partial charge in [0.25, 0.3) is 0 Å². The number of rotatable bonds is 2. The van der Waals surface area contributed by atoms with Crippen molar-refractivity contribution in [2.75, 3.05) is 0 Å². The van der Waals surface area contributed by atoms with Crippen LogP contribution in [0.3, 0.4) is 0 Å². The molecule has 0 aliphatic carbocycles. The fourth-order valence-electron chi connectivity index (χ4n) is 0.139. The van der Waals surface area contributed by atoms with Crippen LogP contribution in [0.25, 0.3) is 0 Å². The molecular weight excluding hydrogens is 302 g/mol. The Morgan fingerprint density at radius 1 is 0.909 bits per heavy atom. The summed E-state index contributed by atoms with van der Waals surface area (Å²) in [6, 6.07) is 0. The molecule has 11 heteroatoms. The van der Waals surface area contributed by atoms with E-state index in [1.165, 1.54) is 0 Å². The number of hydrogen-bond donors (Lipinski definition) is 4. The maximum atomic E-state index is 9.63.